The van der Waals surface area contributed by atoms with Crippen LogP contribution in [0, 0.1) is 11.8 Å². The molecule has 1 N–H and O–H groups in total. The molecular formula is C37H47Cl2N3O7. The lowest BCUT2D eigenvalue weighted by molar-refractivity contribution is -0.133. The van der Waals surface area contributed by atoms with Crippen molar-refractivity contribution in [3.8, 4) is 0 Å². The third-order valence-corrected chi connectivity index (χ3v) is 9.98. The molecule has 12 heteroatoms. The summed E-state index contributed by atoms with van der Waals surface area (Å²) in [6.45, 7) is 9.65. The van der Waals surface area contributed by atoms with Gasteiger partial charge < -0.3 is 29.1 Å². The molecule has 2 aromatic carbocycles. The van der Waals surface area contributed by atoms with Crippen molar-refractivity contribution in [2.75, 3.05) is 33.4 Å². The number of ether oxygens (including phenoxy) is 3. The number of benzene rings is 2. The van der Waals surface area contributed by atoms with E-state index in [1.807, 2.05) is 47.4 Å². The van der Waals surface area contributed by atoms with Crippen molar-refractivity contribution in [1.29, 1.82) is 0 Å². The molecule has 5 rings (SSSR count). The molecule has 49 heavy (non-hydrogen) atoms. The van der Waals surface area contributed by atoms with E-state index in [2.05, 4.69) is 6.92 Å². The number of hydrogen-bond acceptors (Lipinski definition) is 6. The first-order valence-electron chi connectivity index (χ1n) is 16.8. The van der Waals surface area contributed by atoms with Gasteiger partial charge in [0.2, 0.25) is 5.91 Å². The monoisotopic (exact) mass is 715 g/mol. The van der Waals surface area contributed by atoms with Gasteiger partial charge in [0.05, 0.1) is 41.9 Å². The van der Waals surface area contributed by atoms with Crippen molar-refractivity contribution in [3.63, 3.8) is 0 Å². The zero-order chi connectivity index (χ0) is 35.5. The van der Waals surface area contributed by atoms with Crippen LogP contribution in [0.5, 0.6) is 0 Å². The van der Waals surface area contributed by atoms with E-state index in [9.17, 15) is 19.5 Å². The second kappa shape index (κ2) is 15.7. The standard InChI is InChI=1S/C37H47Cl2N3O7/c1-23(20-47-5)21-48-22-24-9-11-25(12-10-24)29-15-28-18-40(36(46)49-37(2,3)4)19-32(42(28)35(44)45)30(29)16-33(43)41(27-13-14-27)17-26-7-6-8-31(38)34(26)39/h6-12,15,23,27-28,30,32H,13-14,16-22H2,1-5H3,(H,44,45). The maximum absolute atomic E-state index is 14.3. The summed E-state index contributed by atoms with van der Waals surface area (Å²) in [7, 11) is 1.67. The molecule has 2 aliphatic heterocycles. The predicted molar refractivity (Wildman–Crippen MR) is 189 cm³/mol. The number of piperazine rings is 1. The molecule has 2 bridgehead atoms. The SMILES string of the molecule is COCC(C)COCc1ccc(C2=CC3CN(C(=O)OC(C)(C)C)CC(C2CC(=O)N(Cc2cccc(Cl)c2Cl)C2CC2)N3C(=O)O)cc1. The summed E-state index contributed by atoms with van der Waals surface area (Å²) in [6, 6.07) is 12.2. The molecule has 1 saturated carbocycles. The number of carboxylic acid groups (broad SMARTS) is 1. The molecule has 3 aliphatic rings. The van der Waals surface area contributed by atoms with Gasteiger partial charge in [-0.2, -0.15) is 0 Å². The van der Waals surface area contributed by atoms with E-state index in [-0.39, 0.29) is 37.4 Å². The highest BCUT2D eigenvalue weighted by molar-refractivity contribution is 6.42. The molecule has 2 fully saturated rings. The van der Waals surface area contributed by atoms with Gasteiger partial charge in [-0.05, 0) is 61.9 Å². The Bertz CT molecular complexity index is 1540. The van der Waals surface area contributed by atoms with Crippen LogP contribution in [0.4, 0.5) is 9.59 Å². The molecule has 4 unspecified atom stereocenters. The Morgan fingerprint density at radius 2 is 1.76 bits per heavy atom. The smallest absolute Gasteiger partial charge is 0.410 e. The molecule has 2 heterocycles. The van der Waals surface area contributed by atoms with Crippen LogP contribution in [-0.4, -0.2) is 95.0 Å². The van der Waals surface area contributed by atoms with Gasteiger partial charge in [0.25, 0.3) is 0 Å². The van der Waals surface area contributed by atoms with Gasteiger partial charge >= 0.3 is 12.2 Å². The van der Waals surface area contributed by atoms with E-state index < -0.39 is 35.8 Å². The van der Waals surface area contributed by atoms with Gasteiger partial charge in [-0.1, -0.05) is 72.6 Å². The Labute approximate surface area is 298 Å². The van der Waals surface area contributed by atoms with Crippen LogP contribution in [0.25, 0.3) is 5.57 Å². The van der Waals surface area contributed by atoms with Crippen molar-refractivity contribution < 1.29 is 33.7 Å². The van der Waals surface area contributed by atoms with Crippen LogP contribution in [-0.2, 0) is 32.2 Å². The lowest BCUT2D eigenvalue weighted by atomic mass is 9.76. The second-order valence-corrected chi connectivity index (χ2v) is 15.2. The Kier molecular flexibility index (Phi) is 11.8. The van der Waals surface area contributed by atoms with Crippen LogP contribution < -0.4 is 0 Å². The Hall–Kier alpha value is -3.31. The molecule has 10 nitrogen and oxygen atoms in total. The Morgan fingerprint density at radius 1 is 1.04 bits per heavy atom. The highest BCUT2D eigenvalue weighted by Gasteiger charge is 2.49. The number of hydrogen-bond donors (Lipinski definition) is 1. The number of halogens is 2. The fourth-order valence-corrected chi connectivity index (χ4v) is 7.11. The normalized spacial score (nSPS) is 21.2. The minimum absolute atomic E-state index is 0.0477. The summed E-state index contributed by atoms with van der Waals surface area (Å²) in [6.07, 6.45) is 2.12. The highest BCUT2D eigenvalue weighted by Crippen LogP contribution is 2.42. The van der Waals surface area contributed by atoms with Crippen molar-refractivity contribution in [2.24, 2.45) is 11.8 Å². The van der Waals surface area contributed by atoms with Crippen molar-refractivity contribution in [2.45, 2.75) is 83.8 Å². The largest absolute Gasteiger partial charge is 0.465 e. The first-order valence-corrected chi connectivity index (χ1v) is 17.6. The van der Waals surface area contributed by atoms with Crippen LogP contribution in [0.2, 0.25) is 10.0 Å². The van der Waals surface area contributed by atoms with Gasteiger partial charge in [0, 0.05) is 51.0 Å². The van der Waals surface area contributed by atoms with Crippen LogP contribution in [0.1, 0.15) is 63.6 Å². The predicted octanol–water partition coefficient (Wildman–Crippen LogP) is 7.35. The molecule has 2 aromatic rings. The Balaban J connectivity index is 1.45. The minimum atomic E-state index is -1.09. The van der Waals surface area contributed by atoms with Gasteiger partial charge in [-0.25, -0.2) is 9.59 Å². The maximum Gasteiger partial charge on any atom is 0.410 e. The number of nitrogens with zero attached hydrogens (tertiary/aromatic N) is 3. The maximum atomic E-state index is 14.3. The van der Waals surface area contributed by atoms with E-state index in [1.165, 1.54) is 4.90 Å². The van der Waals surface area contributed by atoms with Crippen LogP contribution in [0.3, 0.4) is 0 Å². The minimum Gasteiger partial charge on any atom is -0.465 e. The average Bonchev–Trinajstić information content (AvgIpc) is 3.87. The molecule has 3 amide bonds. The lowest BCUT2D eigenvalue weighted by Gasteiger charge is -2.51. The molecule has 266 valence electrons. The molecule has 0 spiro atoms. The number of carbonyl (C=O) groups excluding carboxylic acids is 2. The summed E-state index contributed by atoms with van der Waals surface area (Å²) in [5.74, 6) is -0.363. The van der Waals surface area contributed by atoms with Gasteiger partial charge in [0.15, 0.2) is 0 Å². The molecule has 0 radical (unpaired) electrons. The summed E-state index contributed by atoms with van der Waals surface area (Å²) in [5, 5.41) is 11.3. The number of amides is 3. The zero-order valence-electron chi connectivity index (χ0n) is 28.9. The number of methoxy groups -OCH3 is 1. The third-order valence-electron chi connectivity index (χ3n) is 9.12. The van der Waals surface area contributed by atoms with E-state index >= 15 is 0 Å². The van der Waals surface area contributed by atoms with E-state index in [0.717, 1.165) is 35.1 Å². The van der Waals surface area contributed by atoms with E-state index in [1.54, 1.807) is 38.8 Å². The quantitative estimate of drug-likeness (QED) is 0.245. The van der Waals surface area contributed by atoms with Crippen molar-refractivity contribution >= 4 is 46.9 Å². The van der Waals surface area contributed by atoms with E-state index in [4.69, 9.17) is 37.4 Å². The van der Waals surface area contributed by atoms with Crippen molar-refractivity contribution in [1.82, 2.24) is 14.7 Å². The molecule has 0 aromatic heterocycles. The van der Waals surface area contributed by atoms with Gasteiger partial charge in [-0.15, -0.1) is 0 Å². The van der Waals surface area contributed by atoms with Crippen LogP contribution >= 0.6 is 23.2 Å². The van der Waals surface area contributed by atoms with Gasteiger partial charge in [0.1, 0.15) is 5.60 Å². The number of fused-ring (bicyclic) bond motifs is 2. The highest BCUT2D eigenvalue weighted by atomic mass is 35.5. The first-order chi connectivity index (χ1) is 23.3. The average molecular weight is 717 g/mol. The first kappa shape index (κ1) is 37.0. The lowest BCUT2D eigenvalue weighted by Crippen LogP contribution is -2.65. The molecule has 1 saturated heterocycles. The van der Waals surface area contributed by atoms with Gasteiger partial charge in [-0.3, -0.25) is 9.69 Å². The number of rotatable bonds is 12. The second-order valence-electron chi connectivity index (χ2n) is 14.4. The zero-order valence-corrected chi connectivity index (χ0v) is 30.4. The van der Waals surface area contributed by atoms with E-state index in [0.29, 0.717) is 36.4 Å². The molecule has 1 aliphatic carbocycles. The fraction of sp³-hybridized carbons (Fsp3) is 0.541. The summed E-state index contributed by atoms with van der Waals surface area (Å²) < 4.78 is 16.8. The third kappa shape index (κ3) is 9.28. The molecule has 4 atom stereocenters. The summed E-state index contributed by atoms with van der Waals surface area (Å²) >= 11 is 12.8. The topological polar surface area (TPSA) is 109 Å². The van der Waals surface area contributed by atoms with Crippen LogP contribution in [0.15, 0.2) is 48.5 Å². The Morgan fingerprint density at radius 3 is 2.39 bits per heavy atom. The fourth-order valence-electron chi connectivity index (χ4n) is 6.73. The summed E-state index contributed by atoms with van der Waals surface area (Å²) in [4.78, 5) is 45.2. The van der Waals surface area contributed by atoms with Crippen molar-refractivity contribution in [3.05, 3.63) is 75.3 Å². The summed E-state index contributed by atoms with van der Waals surface area (Å²) in [5.41, 5.74) is 2.83. The number of carbonyl (C=O) groups is 3. The molecular weight excluding hydrogens is 669 g/mol.